The molecule has 0 bridgehead atoms. The first kappa shape index (κ1) is 11.7. The SMILES string of the molecule is N=CN.NC(=O)NO[N+](=O)[O-]. The molecule has 64 valence electrons. The molecule has 0 fully saturated rings. The number of urea groups is 1. The summed E-state index contributed by atoms with van der Waals surface area (Å²) < 4.78 is 0. The van der Waals surface area contributed by atoms with Crippen LogP contribution in [0.5, 0.6) is 0 Å². The number of amides is 2. The number of hydrogen-bond donors (Lipinski definition) is 4. The van der Waals surface area contributed by atoms with Crippen LogP contribution in [0.2, 0.25) is 0 Å². The minimum absolute atomic E-state index is 0.750. The molecule has 0 rings (SSSR count). The topological polar surface area (TPSA) is 157 Å². The predicted molar refractivity (Wildman–Crippen MR) is 33.8 cm³/mol. The van der Waals surface area contributed by atoms with Crippen molar-refractivity contribution in [3.63, 3.8) is 0 Å². The molecule has 0 spiro atoms. The van der Waals surface area contributed by atoms with Crippen LogP contribution < -0.4 is 16.9 Å². The van der Waals surface area contributed by atoms with Gasteiger partial charge in [-0.15, -0.1) is 10.1 Å². The van der Waals surface area contributed by atoms with Gasteiger partial charge in [0.25, 0.3) is 0 Å². The molecule has 0 saturated carbocycles. The van der Waals surface area contributed by atoms with Crippen molar-refractivity contribution in [3.05, 3.63) is 10.1 Å². The fraction of sp³-hybridized carbons (Fsp3) is 0. The van der Waals surface area contributed by atoms with Gasteiger partial charge in [0.2, 0.25) is 0 Å². The summed E-state index contributed by atoms with van der Waals surface area (Å²) in [6.07, 6.45) is 0.750. The van der Waals surface area contributed by atoms with Gasteiger partial charge >= 0.3 is 11.1 Å². The van der Waals surface area contributed by atoms with E-state index < -0.39 is 11.1 Å². The molecule has 0 saturated heterocycles. The lowest BCUT2D eigenvalue weighted by atomic mass is 11.2. The lowest BCUT2D eigenvalue weighted by Gasteiger charge is -1.92. The van der Waals surface area contributed by atoms with Crippen LogP contribution in [0.25, 0.3) is 0 Å². The maximum Gasteiger partial charge on any atom is 0.336 e. The first-order valence-corrected chi connectivity index (χ1v) is 2.12. The number of primary amides is 1. The highest BCUT2D eigenvalue weighted by molar-refractivity contribution is 5.70. The van der Waals surface area contributed by atoms with Gasteiger partial charge in [-0.25, -0.2) is 4.79 Å². The molecule has 0 aliphatic carbocycles. The predicted octanol–water partition coefficient (Wildman–Crippen LogP) is -1.67. The van der Waals surface area contributed by atoms with E-state index in [1.807, 2.05) is 0 Å². The highest BCUT2D eigenvalue weighted by atomic mass is 17.0. The van der Waals surface area contributed by atoms with Gasteiger partial charge in [0.05, 0.1) is 6.34 Å². The summed E-state index contributed by atoms with van der Waals surface area (Å²) in [7, 11) is 0. The van der Waals surface area contributed by atoms with Crippen molar-refractivity contribution in [2.24, 2.45) is 11.5 Å². The molecule has 0 aliphatic rings. The first-order valence-electron chi connectivity index (χ1n) is 2.12. The second-order valence-corrected chi connectivity index (χ2v) is 0.948. The van der Waals surface area contributed by atoms with E-state index in [0.717, 1.165) is 6.34 Å². The summed E-state index contributed by atoms with van der Waals surface area (Å²) in [6.45, 7) is 0. The summed E-state index contributed by atoms with van der Waals surface area (Å²) in [6, 6.07) is -1.11. The van der Waals surface area contributed by atoms with Crippen molar-refractivity contribution in [1.29, 1.82) is 5.41 Å². The maximum atomic E-state index is 9.59. The lowest BCUT2D eigenvalue weighted by molar-refractivity contribution is -0.771. The second-order valence-electron chi connectivity index (χ2n) is 0.948. The van der Waals surface area contributed by atoms with Gasteiger partial charge < -0.3 is 11.5 Å². The minimum Gasteiger partial charge on any atom is -0.390 e. The maximum absolute atomic E-state index is 9.59. The molecule has 0 aromatic carbocycles. The van der Waals surface area contributed by atoms with Crippen molar-refractivity contribution in [1.82, 2.24) is 5.48 Å². The third-order valence-corrected chi connectivity index (χ3v) is 0.221. The largest absolute Gasteiger partial charge is 0.390 e. The third-order valence-electron chi connectivity index (χ3n) is 0.221. The van der Waals surface area contributed by atoms with Crippen LogP contribution in [-0.4, -0.2) is 17.5 Å². The van der Waals surface area contributed by atoms with Crippen molar-refractivity contribution in [2.75, 3.05) is 0 Å². The van der Waals surface area contributed by atoms with Gasteiger partial charge in [0.1, 0.15) is 0 Å². The molecule has 0 atom stereocenters. The molecule has 0 aliphatic heterocycles. The Bertz CT molecular complexity index is 131. The summed E-state index contributed by atoms with van der Waals surface area (Å²) >= 11 is 0. The van der Waals surface area contributed by atoms with E-state index in [1.165, 1.54) is 5.48 Å². The summed E-state index contributed by atoms with van der Waals surface area (Å²) in [5.41, 5.74) is 10.0. The van der Waals surface area contributed by atoms with Gasteiger partial charge in [-0.05, 0) is 0 Å². The quantitative estimate of drug-likeness (QED) is 0.166. The number of nitrogens with one attached hydrogen (secondary N) is 2. The number of nitrogens with two attached hydrogens (primary N) is 2. The molecule has 2 amide bonds. The number of hydroxylamine groups is 1. The number of carbonyl (C=O) groups is 1. The summed E-state index contributed by atoms with van der Waals surface area (Å²) in [5.74, 6) is 0. The van der Waals surface area contributed by atoms with E-state index in [0.29, 0.717) is 0 Å². The number of carbonyl (C=O) groups excluding carboxylic acids is 1. The van der Waals surface area contributed by atoms with Crippen molar-refractivity contribution < 1.29 is 14.8 Å². The van der Waals surface area contributed by atoms with Crippen LogP contribution in [-0.2, 0) is 4.94 Å². The average molecular weight is 165 g/mol. The highest BCUT2D eigenvalue weighted by Crippen LogP contribution is 1.63. The number of nitrogens with zero attached hydrogens (tertiary/aromatic N) is 1. The van der Waals surface area contributed by atoms with Crippen LogP contribution in [0.1, 0.15) is 0 Å². The fourth-order valence-electron chi connectivity index (χ4n) is 0.0823. The Morgan fingerprint density at radius 3 is 2.27 bits per heavy atom. The van der Waals surface area contributed by atoms with E-state index in [2.05, 4.69) is 16.4 Å². The molecule has 0 aromatic heterocycles. The second kappa shape index (κ2) is 7.94. The third kappa shape index (κ3) is 32.4. The van der Waals surface area contributed by atoms with Gasteiger partial charge in [0.15, 0.2) is 0 Å². The Hall–Kier alpha value is -2.06. The monoisotopic (exact) mass is 165 g/mol. The Morgan fingerprint density at radius 1 is 1.82 bits per heavy atom. The molecule has 0 aromatic rings. The molecule has 0 radical (unpaired) electrons. The fourth-order valence-corrected chi connectivity index (χ4v) is 0.0823. The van der Waals surface area contributed by atoms with Gasteiger partial charge in [-0.3, -0.25) is 5.41 Å². The van der Waals surface area contributed by atoms with Crippen LogP contribution in [0, 0.1) is 15.5 Å². The molecular weight excluding hydrogens is 158 g/mol. The minimum atomic E-state index is -1.19. The Balaban J connectivity index is 0. The Labute approximate surface area is 60.9 Å². The van der Waals surface area contributed by atoms with Crippen LogP contribution >= 0.6 is 0 Å². The van der Waals surface area contributed by atoms with E-state index in [-0.39, 0.29) is 0 Å². The molecule has 11 heavy (non-hydrogen) atoms. The lowest BCUT2D eigenvalue weighted by Crippen LogP contribution is -2.31. The smallest absolute Gasteiger partial charge is 0.336 e. The summed E-state index contributed by atoms with van der Waals surface area (Å²) in [4.78, 5) is 22.1. The summed E-state index contributed by atoms with van der Waals surface area (Å²) in [5, 5.41) is 13.9. The number of rotatable bonds is 2. The van der Waals surface area contributed by atoms with Gasteiger partial charge in [-0.2, -0.15) is 10.4 Å². The first-order chi connectivity index (χ1) is 5.04. The average Bonchev–Trinajstić information content (AvgIpc) is 1.85. The van der Waals surface area contributed by atoms with E-state index >= 15 is 0 Å². The zero-order valence-electron chi connectivity index (χ0n) is 5.31. The highest BCUT2D eigenvalue weighted by Gasteiger charge is 1.93. The van der Waals surface area contributed by atoms with Crippen molar-refractivity contribution in [2.45, 2.75) is 0 Å². The van der Waals surface area contributed by atoms with Crippen LogP contribution in [0.4, 0.5) is 4.79 Å². The Kier molecular flexibility index (Phi) is 8.45. The van der Waals surface area contributed by atoms with E-state index in [4.69, 9.17) is 5.41 Å². The van der Waals surface area contributed by atoms with Gasteiger partial charge in [-0.1, -0.05) is 0 Å². The van der Waals surface area contributed by atoms with Crippen LogP contribution in [0.3, 0.4) is 0 Å². The van der Waals surface area contributed by atoms with Crippen LogP contribution in [0.15, 0.2) is 0 Å². The molecule has 9 heteroatoms. The van der Waals surface area contributed by atoms with E-state index in [9.17, 15) is 14.9 Å². The van der Waals surface area contributed by atoms with Gasteiger partial charge in [0, 0.05) is 0 Å². The number of hydrogen-bond acceptors (Lipinski definition) is 5. The molecular formula is C2H7N5O4. The van der Waals surface area contributed by atoms with Crippen molar-refractivity contribution >= 4 is 12.4 Å². The molecule has 9 nitrogen and oxygen atoms in total. The Morgan fingerprint density at radius 2 is 2.18 bits per heavy atom. The molecule has 0 unspecified atom stereocenters. The van der Waals surface area contributed by atoms with E-state index in [1.54, 1.807) is 0 Å². The molecule has 6 N–H and O–H groups in total. The zero-order chi connectivity index (χ0) is 9.28. The molecule has 0 heterocycles. The normalized spacial score (nSPS) is 6.55. The van der Waals surface area contributed by atoms with Crippen molar-refractivity contribution in [3.8, 4) is 0 Å². The standard InChI is InChI=1S/CH3N3O4.CH4N2/c2-1(5)3-8-4(6)7;2-1-3/h(H3,2,3,5);1H,(H3,2,3). The zero-order valence-corrected chi connectivity index (χ0v) is 5.31.